The van der Waals surface area contributed by atoms with Crippen molar-refractivity contribution in [2.45, 2.75) is 39.3 Å². The summed E-state index contributed by atoms with van der Waals surface area (Å²) in [5, 5.41) is 6.81. The Labute approximate surface area is 146 Å². The maximum absolute atomic E-state index is 5.39. The summed E-state index contributed by atoms with van der Waals surface area (Å²) in [6, 6.07) is 8.57. The molecular weight excluding hydrogens is 300 g/mol. The number of nitrogens with zero attached hydrogens (tertiary/aromatic N) is 2. The number of methoxy groups -OCH3 is 1. The second kappa shape index (κ2) is 9.52. The summed E-state index contributed by atoms with van der Waals surface area (Å²) in [6.07, 6.45) is 2.62. The lowest BCUT2D eigenvalue weighted by atomic mass is 9.98. The van der Waals surface area contributed by atoms with Crippen molar-refractivity contribution in [1.82, 2.24) is 15.5 Å². The van der Waals surface area contributed by atoms with Gasteiger partial charge in [-0.2, -0.15) is 0 Å². The Balaban J connectivity index is 1.78. The van der Waals surface area contributed by atoms with Crippen LogP contribution >= 0.6 is 0 Å². The molecule has 1 heterocycles. The van der Waals surface area contributed by atoms with Crippen LogP contribution in [0.1, 0.15) is 32.3 Å². The molecular formula is C19H32N4O. The summed E-state index contributed by atoms with van der Waals surface area (Å²) in [4.78, 5) is 6.89. The zero-order valence-electron chi connectivity index (χ0n) is 15.5. The number of guanidine groups is 1. The fourth-order valence-corrected chi connectivity index (χ4v) is 3.09. The van der Waals surface area contributed by atoms with E-state index in [0.29, 0.717) is 12.6 Å². The van der Waals surface area contributed by atoms with E-state index in [1.165, 1.54) is 25.9 Å². The van der Waals surface area contributed by atoms with Crippen molar-refractivity contribution >= 4 is 5.96 Å². The molecule has 1 atom stereocenters. The number of para-hydroxylation sites is 1. The fourth-order valence-electron chi connectivity index (χ4n) is 3.09. The molecule has 1 unspecified atom stereocenters. The average molecular weight is 332 g/mol. The lowest BCUT2D eigenvalue weighted by Gasteiger charge is -2.35. The Hall–Kier alpha value is -1.75. The summed E-state index contributed by atoms with van der Waals surface area (Å²) in [7, 11) is 3.51. The standard InChI is InChI=1S/C19H32N4O/c1-15-9-11-23(12-10-15)16(2)13-21-19(20-3)22-14-17-7-5-6-8-18(17)24-4/h5-8,15-16H,9-14H2,1-4H3,(H2,20,21,22). The van der Waals surface area contributed by atoms with E-state index in [1.54, 1.807) is 7.11 Å². The highest BCUT2D eigenvalue weighted by Gasteiger charge is 2.20. The number of aliphatic imine (C=N–C) groups is 1. The maximum atomic E-state index is 5.39. The zero-order valence-corrected chi connectivity index (χ0v) is 15.5. The van der Waals surface area contributed by atoms with E-state index in [-0.39, 0.29) is 0 Å². The first kappa shape index (κ1) is 18.6. The Morgan fingerprint density at radius 1 is 1.29 bits per heavy atom. The summed E-state index contributed by atoms with van der Waals surface area (Å²) in [5.74, 6) is 2.60. The summed E-state index contributed by atoms with van der Waals surface area (Å²) in [6.45, 7) is 8.65. The van der Waals surface area contributed by atoms with Gasteiger partial charge in [-0.05, 0) is 44.8 Å². The van der Waals surface area contributed by atoms with Crippen molar-refractivity contribution in [3.63, 3.8) is 0 Å². The monoisotopic (exact) mass is 332 g/mol. The molecule has 5 nitrogen and oxygen atoms in total. The molecule has 1 aliphatic rings. The second-order valence-corrected chi connectivity index (χ2v) is 6.69. The van der Waals surface area contributed by atoms with Gasteiger partial charge in [-0.3, -0.25) is 9.89 Å². The smallest absolute Gasteiger partial charge is 0.191 e. The van der Waals surface area contributed by atoms with Crippen molar-refractivity contribution < 1.29 is 4.74 Å². The molecule has 0 saturated carbocycles. The number of piperidine rings is 1. The van der Waals surface area contributed by atoms with Gasteiger partial charge in [0.2, 0.25) is 0 Å². The van der Waals surface area contributed by atoms with E-state index >= 15 is 0 Å². The van der Waals surface area contributed by atoms with Crippen LogP contribution in [-0.2, 0) is 6.54 Å². The average Bonchev–Trinajstić information content (AvgIpc) is 2.62. The third-order valence-corrected chi connectivity index (χ3v) is 4.87. The SMILES string of the molecule is CN=C(NCc1ccccc1OC)NCC(C)N1CCC(C)CC1. The van der Waals surface area contributed by atoms with E-state index in [2.05, 4.69) is 40.4 Å². The maximum Gasteiger partial charge on any atom is 0.191 e. The number of hydrogen-bond donors (Lipinski definition) is 2. The lowest BCUT2D eigenvalue weighted by molar-refractivity contribution is 0.147. The molecule has 0 aliphatic carbocycles. The summed E-state index contributed by atoms with van der Waals surface area (Å²) >= 11 is 0. The van der Waals surface area contributed by atoms with E-state index in [9.17, 15) is 0 Å². The Bertz CT molecular complexity index is 524. The number of hydrogen-bond acceptors (Lipinski definition) is 3. The van der Waals surface area contributed by atoms with E-state index < -0.39 is 0 Å². The molecule has 1 aromatic carbocycles. The van der Waals surface area contributed by atoms with Gasteiger partial charge < -0.3 is 15.4 Å². The van der Waals surface area contributed by atoms with Gasteiger partial charge in [0.1, 0.15) is 5.75 Å². The molecule has 2 rings (SSSR count). The predicted octanol–water partition coefficient (Wildman–Crippen LogP) is 2.48. The van der Waals surface area contributed by atoms with Gasteiger partial charge in [-0.1, -0.05) is 25.1 Å². The highest BCUT2D eigenvalue weighted by molar-refractivity contribution is 5.79. The molecule has 0 bridgehead atoms. The summed E-state index contributed by atoms with van der Waals surface area (Å²) in [5.41, 5.74) is 1.13. The normalized spacial score (nSPS) is 18.2. The van der Waals surface area contributed by atoms with Gasteiger partial charge in [0.15, 0.2) is 5.96 Å². The third kappa shape index (κ3) is 5.41. The first-order chi connectivity index (χ1) is 11.6. The molecule has 1 aliphatic heterocycles. The first-order valence-electron chi connectivity index (χ1n) is 8.94. The molecule has 0 aromatic heterocycles. The van der Waals surface area contributed by atoms with Crippen LogP contribution < -0.4 is 15.4 Å². The highest BCUT2D eigenvalue weighted by atomic mass is 16.5. The van der Waals surface area contributed by atoms with E-state index in [0.717, 1.165) is 29.7 Å². The minimum atomic E-state index is 0.516. The van der Waals surface area contributed by atoms with Crippen LogP contribution in [0.15, 0.2) is 29.3 Å². The predicted molar refractivity (Wildman–Crippen MR) is 101 cm³/mol. The van der Waals surface area contributed by atoms with Gasteiger partial charge in [0.05, 0.1) is 7.11 Å². The molecule has 0 spiro atoms. The molecule has 0 radical (unpaired) electrons. The van der Waals surface area contributed by atoms with Gasteiger partial charge in [0.25, 0.3) is 0 Å². The van der Waals surface area contributed by atoms with Crippen LogP contribution in [0.2, 0.25) is 0 Å². The van der Waals surface area contributed by atoms with E-state index in [4.69, 9.17) is 4.74 Å². The van der Waals surface area contributed by atoms with Crippen LogP contribution in [0.5, 0.6) is 5.75 Å². The van der Waals surface area contributed by atoms with Crippen LogP contribution in [0.4, 0.5) is 0 Å². The van der Waals surface area contributed by atoms with Crippen LogP contribution in [-0.4, -0.2) is 50.7 Å². The van der Waals surface area contributed by atoms with Crippen LogP contribution in [0.25, 0.3) is 0 Å². The fraction of sp³-hybridized carbons (Fsp3) is 0.632. The molecule has 24 heavy (non-hydrogen) atoms. The number of nitrogens with one attached hydrogen (secondary N) is 2. The molecule has 2 N–H and O–H groups in total. The Morgan fingerprint density at radius 2 is 2.00 bits per heavy atom. The quantitative estimate of drug-likeness (QED) is 0.621. The highest BCUT2D eigenvalue weighted by Crippen LogP contribution is 2.18. The largest absolute Gasteiger partial charge is 0.496 e. The topological polar surface area (TPSA) is 48.9 Å². The Morgan fingerprint density at radius 3 is 2.67 bits per heavy atom. The van der Waals surface area contributed by atoms with Gasteiger partial charge in [-0.25, -0.2) is 0 Å². The minimum absolute atomic E-state index is 0.516. The second-order valence-electron chi connectivity index (χ2n) is 6.69. The summed E-state index contributed by atoms with van der Waals surface area (Å²) < 4.78 is 5.39. The van der Waals surface area contributed by atoms with Crippen molar-refractivity contribution in [1.29, 1.82) is 0 Å². The van der Waals surface area contributed by atoms with Gasteiger partial charge in [-0.15, -0.1) is 0 Å². The number of benzene rings is 1. The van der Waals surface area contributed by atoms with E-state index in [1.807, 2.05) is 25.2 Å². The lowest BCUT2D eigenvalue weighted by Crippen LogP contribution is -2.48. The number of rotatable bonds is 6. The molecule has 0 amide bonds. The first-order valence-corrected chi connectivity index (χ1v) is 8.94. The molecule has 134 valence electrons. The minimum Gasteiger partial charge on any atom is -0.496 e. The molecule has 1 saturated heterocycles. The van der Waals surface area contributed by atoms with Gasteiger partial charge >= 0.3 is 0 Å². The molecule has 1 aromatic rings. The number of ether oxygens (including phenoxy) is 1. The van der Waals surface area contributed by atoms with Crippen LogP contribution in [0, 0.1) is 5.92 Å². The molecule has 1 fully saturated rings. The molecule has 5 heteroatoms. The number of likely N-dealkylation sites (tertiary alicyclic amines) is 1. The van der Waals surface area contributed by atoms with Crippen molar-refractivity contribution in [3.05, 3.63) is 29.8 Å². The van der Waals surface area contributed by atoms with Crippen molar-refractivity contribution in [2.75, 3.05) is 33.8 Å². The zero-order chi connectivity index (χ0) is 17.4. The van der Waals surface area contributed by atoms with Crippen LogP contribution in [0.3, 0.4) is 0 Å². The third-order valence-electron chi connectivity index (χ3n) is 4.87. The van der Waals surface area contributed by atoms with Crippen molar-refractivity contribution in [2.24, 2.45) is 10.9 Å². The Kier molecular flexibility index (Phi) is 7.37. The van der Waals surface area contributed by atoms with Crippen molar-refractivity contribution in [3.8, 4) is 5.75 Å². The van der Waals surface area contributed by atoms with Gasteiger partial charge in [0, 0.05) is 31.7 Å².